The summed E-state index contributed by atoms with van der Waals surface area (Å²) in [5, 5.41) is 16.8. The Morgan fingerprint density at radius 1 is 1.10 bits per heavy atom. The van der Waals surface area contributed by atoms with Crippen LogP contribution < -0.4 is 5.32 Å². The number of hydrogen-bond donors (Lipinski definition) is 2. The summed E-state index contributed by atoms with van der Waals surface area (Å²) in [6, 6.07) is 16.4. The SMILES string of the molecule is Oc1ccc(-c2nn(CNc3ccccc3)c(=S)o2)cc1. The molecule has 21 heavy (non-hydrogen) atoms. The topological polar surface area (TPSA) is 63.2 Å². The fraction of sp³-hybridized carbons (Fsp3) is 0.0667. The van der Waals surface area contributed by atoms with Gasteiger partial charge in [-0.25, -0.2) is 4.68 Å². The first-order valence-corrected chi connectivity index (χ1v) is 6.79. The van der Waals surface area contributed by atoms with Gasteiger partial charge in [0.15, 0.2) is 0 Å². The number of aromatic nitrogens is 2. The van der Waals surface area contributed by atoms with E-state index >= 15 is 0 Å². The second-order valence-electron chi connectivity index (χ2n) is 4.42. The van der Waals surface area contributed by atoms with Crippen LogP contribution in [0.1, 0.15) is 0 Å². The van der Waals surface area contributed by atoms with Crippen LogP contribution in [0.3, 0.4) is 0 Å². The molecule has 106 valence electrons. The first kappa shape index (κ1) is 13.4. The van der Waals surface area contributed by atoms with E-state index in [-0.39, 0.29) is 5.75 Å². The highest BCUT2D eigenvalue weighted by Crippen LogP contribution is 2.20. The van der Waals surface area contributed by atoms with Crippen LogP contribution in [0.2, 0.25) is 0 Å². The molecule has 1 aromatic heterocycles. The quantitative estimate of drug-likeness (QED) is 0.720. The third kappa shape index (κ3) is 3.11. The molecule has 2 N–H and O–H groups in total. The number of aromatic hydroxyl groups is 1. The lowest BCUT2D eigenvalue weighted by atomic mass is 10.2. The summed E-state index contributed by atoms with van der Waals surface area (Å²) in [6.07, 6.45) is 0. The molecule has 3 aromatic rings. The second-order valence-corrected chi connectivity index (χ2v) is 4.77. The van der Waals surface area contributed by atoms with Crippen LogP contribution in [-0.4, -0.2) is 14.9 Å². The predicted octanol–water partition coefficient (Wildman–Crippen LogP) is 3.65. The number of benzene rings is 2. The fourth-order valence-corrected chi connectivity index (χ4v) is 2.03. The first-order chi connectivity index (χ1) is 10.2. The molecule has 0 unspecified atom stereocenters. The minimum Gasteiger partial charge on any atom is -0.508 e. The highest BCUT2D eigenvalue weighted by Gasteiger charge is 2.08. The van der Waals surface area contributed by atoms with Gasteiger partial charge in [-0.05, 0) is 48.6 Å². The summed E-state index contributed by atoms with van der Waals surface area (Å²) in [6.45, 7) is 0.421. The number of rotatable bonds is 4. The average molecular weight is 299 g/mol. The van der Waals surface area contributed by atoms with Crippen molar-refractivity contribution in [2.24, 2.45) is 0 Å². The Balaban J connectivity index is 1.78. The van der Waals surface area contributed by atoms with E-state index in [1.807, 2.05) is 30.3 Å². The number of phenolic OH excluding ortho intramolecular Hbond substituents is 1. The minimum absolute atomic E-state index is 0.197. The van der Waals surface area contributed by atoms with Crippen LogP contribution in [0.15, 0.2) is 59.0 Å². The van der Waals surface area contributed by atoms with E-state index in [4.69, 9.17) is 16.6 Å². The summed E-state index contributed by atoms with van der Waals surface area (Å²) in [5.74, 6) is 0.623. The molecule has 0 aliphatic heterocycles. The molecule has 0 aliphatic carbocycles. The van der Waals surface area contributed by atoms with Gasteiger partial charge in [-0.3, -0.25) is 0 Å². The molecular weight excluding hydrogens is 286 g/mol. The zero-order valence-electron chi connectivity index (χ0n) is 11.1. The molecule has 0 radical (unpaired) electrons. The van der Waals surface area contributed by atoms with Crippen molar-refractivity contribution in [1.82, 2.24) is 9.78 Å². The van der Waals surface area contributed by atoms with Crippen molar-refractivity contribution in [2.45, 2.75) is 6.67 Å². The van der Waals surface area contributed by atoms with Gasteiger partial charge in [0.1, 0.15) is 12.4 Å². The molecule has 2 aromatic carbocycles. The Morgan fingerprint density at radius 2 is 1.81 bits per heavy atom. The van der Waals surface area contributed by atoms with Gasteiger partial charge < -0.3 is 14.8 Å². The number of hydrogen-bond acceptors (Lipinski definition) is 5. The van der Waals surface area contributed by atoms with Gasteiger partial charge in [0.2, 0.25) is 5.89 Å². The van der Waals surface area contributed by atoms with Crippen molar-refractivity contribution in [1.29, 1.82) is 0 Å². The zero-order valence-corrected chi connectivity index (χ0v) is 11.9. The molecule has 0 atom stereocenters. The minimum atomic E-state index is 0.197. The summed E-state index contributed by atoms with van der Waals surface area (Å²) >= 11 is 5.16. The van der Waals surface area contributed by atoms with E-state index < -0.39 is 0 Å². The van der Waals surface area contributed by atoms with E-state index in [9.17, 15) is 5.11 Å². The van der Waals surface area contributed by atoms with Gasteiger partial charge in [0, 0.05) is 11.3 Å². The Bertz CT molecular complexity index is 779. The van der Waals surface area contributed by atoms with Gasteiger partial charge in [-0.15, -0.1) is 5.10 Å². The third-order valence-electron chi connectivity index (χ3n) is 2.93. The van der Waals surface area contributed by atoms with Crippen LogP contribution in [-0.2, 0) is 6.67 Å². The Morgan fingerprint density at radius 3 is 2.52 bits per heavy atom. The Labute approximate surface area is 126 Å². The number of nitrogens with zero attached hydrogens (tertiary/aromatic N) is 2. The van der Waals surface area contributed by atoms with Crippen LogP contribution in [0, 0.1) is 4.84 Å². The summed E-state index contributed by atoms with van der Waals surface area (Å²) in [7, 11) is 0. The molecule has 0 bridgehead atoms. The van der Waals surface area contributed by atoms with Crippen LogP contribution >= 0.6 is 12.2 Å². The molecule has 0 amide bonds. The van der Waals surface area contributed by atoms with E-state index in [2.05, 4.69) is 10.4 Å². The van der Waals surface area contributed by atoms with E-state index in [1.165, 1.54) is 0 Å². The smallest absolute Gasteiger partial charge is 0.289 e. The van der Waals surface area contributed by atoms with Crippen molar-refractivity contribution in [3.63, 3.8) is 0 Å². The third-order valence-corrected chi connectivity index (χ3v) is 3.22. The average Bonchev–Trinajstić information content (AvgIpc) is 2.88. The molecule has 0 spiro atoms. The molecule has 0 saturated heterocycles. The van der Waals surface area contributed by atoms with Crippen molar-refractivity contribution >= 4 is 17.9 Å². The molecule has 6 heteroatoms. The highest BCUT2D eigenvalue weighted by atomic mass is 32.1. The van der Waals surface area contributed by atoms with Crippen LogP contribution in [0.5, 0.6) is 5.75 Å². The molecular formula is C15H13N3O2S. The number of phenols is 1. The first-order valence-electron chi connectivity index (χ1n) is 6.39. The fourth-order valence-electron chi connectivity index (χ4n) is 1.85. The molecule has 0 fully saturated rings. The monoisotopic (exact) mass is 299 g/mol. The van der Waals surface area contributed by atoms with Crippen molar-refractivity contribution in [2.75, 3.05) is 5.32 Å². The normalized spacial score (nSPS) is 10.5. The second kappa shape index (κ2) is 5.80. The summed E-state index contributed by atoms with van der Waals surface area (Å²) in [5.41, 5.74) is 1.74. The zero-order chi connectivity index (χ0) is 14.7. The maximum absolute atomic E-state index is 9.29. The summed E-state index contributed by atoms with van der Waals surface area (Å²) in [4.78, 5) is 0.293. The Kier molecular flexibility index (Phi) is 3.70. The van der Waals surface area contributed by atoms with Gasteiger partial charge in [0.05, 0.1) is 0 Å². The van der Waals surface area contributed by atoms with E-state index in [0.29, 0.717) is 17.4 Å². The van der Waals surface area contributed by atoms with Gasteiger partial charge in [-0.1, -0.05) is 18.2 Å². The van der Waals surface area contributed by atoms with Crippen molar-refractivity contribution < 1.29 is 9.52 Å². The Hall–Kier alpha value is -2.60. The largest absolute Gasteiger partial charge is 0.508 e. The molecule has 0 aliphatic rings. The number of nitrogens with one attached hydrogen (secondary N) is 1. The van der Waals surface area contributed by atoms with Crippen LogP contribution in [0.4, 0.5) is 5.69 Å². The standard InChI is InChI=1S/C15H13N3O2S/c19-13-8-6-11(7-9-13)14-17-18(15(21)20-14)10-16-12-4-2-1-3-5-12/h1-9,16,19H,10H2. The maximum atomic E-state index is 9.29. The van der Waals surface area contributed by atoms with Gasteiger partial charge >= 0.3 is 0 Å². The molecule has 1 heterocycles. The predicted molar refractivity (Wildman–Crippen MR) is 82.5 cm³/mol. The van der Waals surface area contributed by atoms with E-state index in [0.717, 1.165) is 11.3 Å². The summed E-state index contributed by atoms with van der Waals surface area (Å²) < 4.78 is 7.05. The lowest BCUT2D eigenvalue weighted by Gasteiger charge is -2.04. The lowest BCUT2D eigenvalue weighted by molar-refractivity contribution is 0.475. The maximum Gasteiger partial charge on any atom is 0.289 e. The van der Waals surface area contributed by atoms with Gasteiger partial charge in [0.25, 0.3) is 4.84 Å². The van der Waals surface area contributed by atoms with Crippen LogP contribution in [0.25, 0.3) is 11.5 Å². The molecule has 5 nitrogen and oxygen atoms in total. The number of anilines is 1. The highest BCUT2D eigenvalue weighted by molar-refractivity contribution is 7.71. The van der Waals surface area contributed by atoms with E-state index in [1.54, 1.807) is 28.9 Å². The molecule has 0 saturated carbocycles. The lowest BCUT2D eigenvalue weighted by Crippen LogP contribution is -2.09. The number of para-hydroxylation sites is 1. The van der Waals surface area contributed by atoms with Crippen molar-refractivity contribution in [3.05, 3.63) is 59.4 Å². The van der Waals surface area contributed by atoms with Crippen molar-refractivity contribution in [3.8, 4) is 17.2 Å². The van der Waals surface area contributed by atoms with Gasteiger partial charge in [-0.2, -0.15) is 0 Å². The molecule has 3 rings (SSSR count).